The van der Waals surface area contributed by atoms with E-state index in [-0.39, 0.29) is 18.0 Å². The van der Waals surface area contributed by atoms with Gasteiger partial charge in [-0.2, -0.15) is 0 Å². The molecule has 1 amide bonds. The molecule has 0 aliphatic heterocycles. The monoisotopic (exact) mass is 388 g/mol. The van der Waals surface area contributed by atoms with Crippen molar-refractivity contribution in [2.75, 3.05) is 13.1 Å². The average Bonchev–Trinajstić information content (AvgIpc) is 2.40. The van der Waals surface area contributed by atoms with E-state index in [1.807, 2.05) is 34.6 Å². The van der Waals surface area contributed by atoms with E-state index in [2.05, 4.69) is 21.2 Å². The summed E-state index contributed by atoms with van der Waals surface area (Å²) < 4.78 is 19.1. The number of ether oxygens (including phenoxy) is 1. The van der Waals surface area contributed by atoms with E-state index in [4.69, 9.17) is 4.74 Å². The van der Waals surface area contributed by atoms with Crippen LogP contribution in [0.2, 0.25) is 0 Å². The van der Waals surface area contributed by atoms with Crippen LogP contribution in [0.3, 0.4) is 0 Å². The summed E-state index contributed by atoms with van der Waals surface area (Å²) in [5.74, 6) is -0.273. The molecule has 130 valence electrons. The Balaban J connectivity index is 2.47. The second kappa shape index (κ2) is 8.64. The van der Waals surface area contributed by atoms with Gasteiger partial charge in [0.1, 0.15) is 11.4 Å². The number of carbonyl (C=O) groups excluding carboxylic acids is 1. The SMILES string of the molecule is CC(C)N(CCNCc1ccc(F)c(Br)c1)C(=O)OC(C)(C)C. The molecule has 1 aromatic carbocycles. The normalized spacial score (nSPS) is 11.7. The first-order chi connectivity index (χ1) is 10.6. The maximum Gasteiger partial charge on any atom is 0.410 e. The van der Waals surface area contributed by atoms with E-state index in [0.29, 0.717) is 24.1 Å². The number of amides is 1. The zero-order valence-corrected chi connectivity index (χ0v) is 16.0. The summed E-state index contributed by atoms with van der Waals surface area (Å²) in [7, 11) is 0. The molecule has 0 aliphatic carbocycles. The Kier molecular flexibility index (Phi) is 7.48. The molecule has 1 N–H and O–H groups in total. The average molecular weight is 389 g/mol. The van der Waals surface area contributed by atoms with Gasteiger partial charge in [0.25, 0.3) is 0 Å². The van der Waals surface area contributed by atoms with Crippen LogP contribution in [-0.4, -0.2) is 35.7 Å². The number of halogens is 2. The summed E-state index contributed by atoms with van der Waals surface area (Å²) in [5, 5.41) is 3.26. The highest BCUT2D eigenvalue weighted by Gasteiger charge is 2.23. The minimum atomic E-state index is -0.502. The third-order valence-corrected chi connectivity index (χ3v) is 3.70. The summed E-state index contributed by atoms with van der Waals surface area (Å²) in [6.07, 6.45) is -0.307. The summed E-state index contributed by atoms with van der Waals surface area (Å²) in [5.41, 5.74) is 0.476. The van der Waals surface area contributed by atoms with Crippen LogP contribution < -0.4 is 5.32 Å². The smallest absolute Gasteiger partial charge is 0.410 e. The standard InChI is InChI=1S/C17H26BrFN2O2/c1-12(2)21(16(22)23-17(3,4)5)9-8-20-11-13-6-7-15(19)14(18)10-13/h6-7,10,12,20H,8-9,11H2,1-5H3. The summed E-state index contributed by atoms with van der Waals surface area (Å²) in [6, 6.07) is 4.98. The molecule has 0 radical (unpaired) electrons. The quantitative estimate of drug-likeness (QED) is 0.737. The van der Waals surface area contributed by atoms with Gasteiger partial charge < -0.3 is 15.0 Å². The number of hydrogen-bond acceptors (Lipinski definition) is 3. The molecule has 0 aromatic heterocycles. The molecular formula is C17H26BrFN2O2. The van der Waals surface area contributed by atoms with Crippen LogP contribution >= 0.6 is 15.9 Å². The molecule has 0 saturated heterocycles. The van der Waals surface area contributed by atoms with Crippen molar-refractivity contribution in [2.45, 2.75) is 52.8 Å². The fourth-order valence-corrected chi connectivity index (χ4v) is 2.39. The van der Waals surface area contributed by atoms with Gasteiger partial charge in [-0.1, -0.05) is 6.07 Å². The molecule has 0 spiro atoms. The van der Waals surface area contributed by atoms with Crippen LogP contribution in [0.1, 0.15) is 40.2 Å². The van der Waals surface area contributed by atoms with Crippen molar-refractivity contribution >= 4 is 22.0 Å². The lowest BCUT2D eigenvalue weighted by molar-refractivity contribution is 0.0193. The fourth-order valence-electron chi connectivity index (χ4n) is 1.96. The zero-order valence-electron chi connectivity index (χ0n) is 14.5. The van der Waals surface area contributed by atoms with E-state index >= 15 is 0 Å². The van der Waals surface area contributed by atoms with Crippen molar-refractivity contribution in [3.05, 3.63) is 34.1 Å². The molecule has 4 nitrogen and oxygen atoms in total. The van der Waals surface area contributed by atoms with Gasteiger partial charge in [-0.25, -0.2) is 9.18 Å². The number of carbonyl (C=O) groups is 1. The summed E-state index contributed by atoms with van der Waals surface area (Å²) >= 11 is 3.17. The van der Waals surface area contributed by atoms with Crippen molar-refractivity contribution in [1.29, 1.82) is 0 Å². The first-order valence-corrected chi connectivity index (χ1v) is 8.53. The van der Waals surface area contributed by atoms with Gasteiger partial charge in [0.05, 0.1) is 4.47 Å². The van der Waals surface area contributed by atoms with E-state index in [1.54, 1.807) is 17.0 Å². The largest absolute Gasteiger partial charge is 0.444 e. The highest BCUT2D eigenvalue weighted by atomic mass is 79.9. The van der Waals surface area contributed by atoms with Crippen molar-refractivity contribution in [3.63, 3.8) is 0 Å². The lowest BCUT2D eigenvalue weighted by Gasteiger charge is -2.30. The van der Waals surface area contributed by atoms with Gasteiger partial charge in [0.2, 0.25) is 0 Å². The van der Waals surface area contributed by atoms with Gasteiger partial charge in [-0.05, 0) is 68.2 Å². The molecule has 1 rings (SSSR count). The van der Waals surface area contributed by atoms with Gasteiger partial charge in [-0.3, -0.25) is 0 Å². The van der Waals surface area contributed by atoms with Crippen LogP contribution in [0, 0.1) is 5.82 Å². The highest BCUT2D eigenvalue weighted by Crippen LogP contribution is 2.16. The zero-order chi connectivity index (χ0) is 17.6. The number of nitrogens with zero attached hydrogens (tertiary/aromatic N) is 1. The lowest BCUT2D eigenvalue weighted by Crippen LogP contribution is -2.44. The molecule has 0 heterocycles. The predicted octanol–water partition coefficient (Wildman–Crippen LogP) is 4.32. The van der Waals surface area contributed by atoms with Gasteiger partial charge in [0.15, 0.2) is 0 Å². The molecule has 6 heteroatoms. The van der Waals surface area contributed by atoms with Crippen LogP contribution in [0.25, 0.3) is 0 Å². The van der Waals surface area contributed by atoms with E-state index in [1.165, 1.54) is 6.07 Å². The van der Waals surface area contributed by atoms with Crippen LogP contribution in [0.5, 0.6) is 0 Å². The number of rotatable bonds is 6. The minimum absolute atomic E-state index is 0.0617. The topological polar surface area (TPSA) is 41.6 Å². The molecule has 0 atom stereocenters. The number of benzene rings is 1. The van der Waals surface area contributed by atoms with Gasteiger partial charge in [0, 0.05) is 25.7 Å². The Morgan fingerprint density at radius 3 is 2.57 bits per heavy atom. The third kappa shape index (κ3) is 7.31. The predicted molar refractivity (Wildman–Crippen MR) is 93.9 cm³/mol. The maximum absolute atomic E-state index is 13.2. The fraction of sp³-hybridized carbons (Fsp3) is 0.588. The third-order valence-electron chi connectivity index (χ3n) is 3.09. The highest BCUT2D eigenvalue weighted by molar-refractivity contribution is 9.10. The first kappa shape index (κ1) is 19.9. The molecule has 0 saturated carbocycles. The van der Waals surface area contributed by atoms with Crippen molar-refractivity contribution in [3.8, 4) is 0 Å². The summed E-state index contributed by atoms with van der Waals surface area (Å²) in [4.78, 5) is 13.9. The minimum Gasteiger partial charge on any atom is -0.444 e. The lowest BCUT2D eigenvalue weighted by atomic mass is 10.2. The first-order valence-electron chi connectivity index (χ1n) is 7.74. The van der Waals surface area contributed by atoms with Crippen LogP contribution in [0.15, 0.2) is 22.7 Å². The Morgan fingerprint density at radius 1 is 1.39 bits per heavy atom. The Hall–Kier alpha value is -1.14. The molecule has 0 unspecified atom stereocenters. The van der Waals surface area contributed by atoms with Gasteiger partial charge in [-0.15, -0.1) is 0 Å². The van der Waals surface area contributed by atoms with Crippen molar-refractivity contribution in [1.82, 2.24) is 10.2 Å². The van der Waals surface area contributed by atoms with E-state index < -0.39 is 5.60 Å². The number of nitrogens with one attached hydrogen (secondary N) is 1. The second-order valence-electron chi connectivity index (χ2n) is 6.69. The molecule has 0 fully saturated rings. The number of hydrogen-bond donors (Lipinski definition) is 1. The van der Waals surface area contributed by atoms with Crippen LogP contribution in [0.4, 0.5) is 9.18 Å². The summed E-state index contributed by atoms with van der Waals surface area (Å²) in [6.45, 7) is 11.3. The molecule has 23 heavy (non-hydrogen) atoms. The maximum atomic E-state index is 13.2. The molecular weight excluding hydrogens is 363 g/mol. The molecule has 0 aliphatic rings. The van der Waals surface area contributed by atoms with Crippen molar-refractivity contribution in [2.24, 2.45) is 0 Å². The molecule has 0 bridgehead atoms. The van der Waals surface area contributed by atoms with Crippen LogP contribution in [-0.2, 0) is 11.3 Å². The molecule has 1 aromatic rings. The Labute approximate surface area is 146 Å². The van der Waals surface area contributed by atoms with E-state index in [9.17, 15) is 9.18 Å². The second-order valence-corrected chi connectivity index (χ2v) is 7.55. The van der Waals surface area contributed by atoms with Crippen molar-refractivity contribution < 1.29 is 13.9 Å². The Bertz CT molecular complexity index is 530. The Morgan fingerprint density at radius 2 is 2.04 bits per heavy atom. The van der Waals surface area contributed by atoms with E-state index in [0.717, 1.165) is 5.56 Å². The van der Waals surface area contributed by atoms with Gasteiger partial charge >= 0.3 is 6.09 Å².